The number of halogens is 1. The highest BCUT2D eigenvalue weighted by Crippen LogP contribution is 2.38. The molecule has 3 N–H and O–H groups in total. The number of aromatic nitrogens is 1. The Labute approximate surface area is 189 Å². The van der Waals surface area contributed by atoms with Gasteiger partial charge in [0.1, 0.15) is 22.9 Å². The lowest BCUT2D eigenvalue weighted by molar-refractivity contribution is 0.318. The number of hydrogen-bond acceptors (Lipinski definition) is 7. The number of nitrogens with zero attached hydrogens (tertiary/aromatic N) is 3. The molecule has 0 saturated carbocycles. The van der Waals surface area contributed by atoms with Crippen molar-refractivity contribution in [3.8, 4) is 17.0 Å². The van der Waals surface area contributed by atoms with Gasteiger partial charge in [0.15, 0.2) is 0 Å². The summed E-state index contributed by atoms with van der Waals surface area (Å²) in [5.74, 6) is 0.215. The van der Waals surface area contributed by atoms with Gasteiger partial charge in [0.2, 0.25) is 0 Å². The first kappa shape index (κ1) is 21.7. The summed E-state index contributed by atoms with van der Waals surface area (Å²) in [6, 6.07) is 17.1. The van der Waals surface area contributed by atoms with Gasteiger partial charge < -0.3 is 15.0 Å². The molecule has 0 aliphatic carbocycles. The fourth-order valence-corrected chi connectivity index (χ4v) is 3.71. The molecule has 8 heteroatoms. The largest absolute Gasteiger partial charge is 0.493 e. The summed E-state index contributed by atoms with van der Waals surface area (Å²) < 4.78 is 29.1. The van der Waals surface area contributed by atoms with Crippen LogP contribution >= 0.6 is 12.0 Å². The maximum atomic E-state index is 13.8. The highest BCUT2D eigenvalue weighted by molar-refractivity contribution is 7.94. The SMILES string of the molecule is CCCOc1ccc(F)cc1-c1ccc(/N=N/c2cc(SO)c3ccccc3c2N)cn1. The van der Waals surface area contributed by atoms with E-state index in [0.29, 0.717) is 57.6 Å². The average molecular weight is 449 g/mol. The molecule has 1 heterocycles. The second-order valence-electron chi connectivity index (χ2n) is 7.03. The first-order valence-corrected chi connectivity index (χ1v) is 10.8. The number of fused-ring (bicyclic) bond motifs is 1. The van der Waals surface area contributed by atoms with Crippen LogP contribution in [0.5, 0.6) is 5.75 Å². The van der Waals surface area contributed by atoms with Gasteiger partial charge in [0.05, 0.1) is 24.2 Å². The second kappa shape index (κ2) is 9.76. The van der Waals surface area contributed by atoms with Gasteiger partial charge >= 0.3 is 0 Å². The molecule has 0 aliphatic heterocycles. The van der Waals surface area contributed by atoms with Crippen LogP contribution in [0, 0.1) is 5.82 Å². The van der Waals surface area contributed by atoms with Crippen LogP contribution in [0.1, 0.15) is 13.3 Å². The highest BCUT2D eigenvalue weighted by Gasteiger charge is 2.11. The summed E-state index contributed by atoms with van der Waals surface area (Å²) in [7, 11) is 0. The van der Waals surface area contributed by atoms with Gasteiger partial charge in [-0.1, -0.05) is 31.2 Å². The third kappa shape index (κ3) is 4.56. The minimum absolute atomic E-state index is 0.362. The number of rotatable bonds is 7. The van der Waals surface area contributed by atoms with Gasteiger partial charge in [-0.25, -0.2) is 4.39 Å². The van der Waals surface area contributed by atoms with Gasteiger partial charge in [0, 0.05) is 27.9 Å². The maximum absolute atomic E-state index is 13.8. The Hall–Kier alpha value is -3.49. The molecule has 0 aliphatic rings. The number of hydrogen-bond donors (Lipinski definition) is 2. The van der Waals surface area contributed by atoms with Crippen LogP contribution in [-0.2, 0) is 0 Å². The lowest BCUT2D eigenvalue weighted by Gasteiger charge is -2.11. The van der Waals surface area contributed by atoms with Crippen LogP contribution in [0.3, 0.4) is 0 Å². The molecule has 1 aromatic heterocycles. The van der Waals surface area contributed by atoms with Crippen molar-refractivity contribution < 1.29 is 13.7 Å². The van der Waals surface area contributed by atoms with Crippen LogP contribution in [0.2, 0.25) is 0 Å². The van der Waals surface area contributed by atoms with E-state index >= 15 is 0 Å². The molecule has 0 bridgehead atoms. The second-order valence-corrected chi connectivity index (χ2v) is 7.66. The number of nitrogens with two attached hydrogens (primary N) is 1. The zero-order valence-electron chi connectivity index (χ0n) is 17.3. The Bertz CT molecular complexity index is 1280. The number of benzene rings is 3. The highest BCUT2D eigenvalue weighted by atomic mass is 32.2. The fourth-order valence-electron chi connectivity index (χ4n) is 3.27. The molecule has 0 spiro atoms. The van der Waals surface area contributed by atoms with Crippen LogP contribution in [-0.4, -0.2) is 16.1 Å². The Morgan fingerprint density at radius 1 is 1.06 bits per heavy atom. The van der Waals surface area contributed by atoms with E-state index in [1.807, 2.05) is 31.2 Å². The third-order valence-corrected chi connectivity index (χ3v) is 5.36. The van der Waals surface area contributed by atoms with Crippen molar-refractivity contribution in [1.82, 2.24) is 4.98 Å². The van der Waals surface area contributed by atoms with Gasteiger partial charge in [-0.3, -0.25) is 4.98 Å². The summed E-state index contributed by atoms with van der Waals surface area (Å²) in [5, 5.41) is 10.1. The zero-order chi connectivity index (χ0) is 22.5. The van der Waals surface area contributed by atoms with Gasteiger partial charge in [-0.2, -0.15) is 0 Å². The predicted octanol–water partition coefficient (Wildman–Crippen LogP) is 7.39. The van der Waals surface area contributed by atoms with Gasteiger partial charge in [-0.15, -0.1) is 10.2 Å². The molecule has 6 nitrogen and oxygen atoms in total. The summed E-state index contributed by atoms with van der Waals surface area (Å²) in [5.41, 5.74) is 8.84. The lowest BCUT2D eigenvalue weighted by atomic mass is 10.1. The summed E-state index contributed by atoms with van der Waals surface area (Å²) in [6.45, 7) is 2.54. The smallest absolute Gasteiger partial charge is 0.128 e. The number of azo groups is 1. The topological polar surface area (TPSA) is 93.1 Å². The third-order valence-electron chi connectivity index (χ3n) is 4.83. The molecule has 0 fully saturated rings. The van der Waals surface area contributed by atoms with Crippen molar-refractivity contribution in [3.63, 3.8) is 0 Å². The Balaban J connectivity index is 1.63. The van der Waals surface area contributed by atoms with E-state index in [1.165, 1.54) is 12.1 Å². The summed E-state index contributed by atoms with van der Waals surface area (Å²) >= 11 is 0.638. The summed E-state index contributed by atoms with van der Waals surface area (Å²) in [4.78, 5) is 5.04. The molecular formula is C24H21FN4O2S. The summed E-state index contributed by atoms with van der Waals surface area (Å²) in [6.07, 6.45) is 2.39. The minimum Gasteiger partial charge on any atom is -0.493 e. The molecule has 4 rings (SSSR count). The average Bonchev–Trinajstić information content (AvgIpc) is 2.83. The van der Waals surface area contributed by atoms with Crippen LogP contribution in [0.25, 0.3) is 22.0 Å². The van der Waals surface area contributed by atoms with Crippen LogP contribution in [0.4, 0.5) is 21.5 Å². The van der Waals surface area contributed by atoms with E-state index < -0.39 is 0 Å². The van der Waals surface area contributed by atoms with E-state index in [1.54, 1.807) is 30.5 Å². The molecule has 0 amide bonds. The normalized spacial score (nSPS) is 11.3. The van der Waals surface area contributed by atoms with Crippen molar-refractivity contribution in [2.45, 2.75) is 18.2 Å². The minimum atomic E-state index is -0.362. The first-order chi connectivity index (χ1) is 15.6. The predicted molar refractivity (Wildman–Crippen MR) is 126 cm³/mol. The van der Waals surface area contributed by atoms with E-state index in [-0.39, 0.29) is 5.82 Å². The van der Waals surface area contributed by atoms with E-state index in [4.69, 9.17) is 10.5 Å². The van der Waals surface area contributed by atoms with Crippen LogP contribution in [0.15, 0.2) is 82.0 Å². The van der Waals surface area contributed by atoms with E-state index in [0.717, 1.165) is 17.2 Å². The number of anilines is 1. The molecule has 0 radical (unpaired) electrons. The molecule has 0 unspecified atom stereocenters. The fraction of sp³-hybridized carbons (Fsp3) is 0.125. The molecule has 32 heavy (non-hydrogen) atoms. The molecule has 0 atom stereocenters. The van der Waals surface area contributed by atoms with Gasteiger partial charge in [-0.05, 0) is 48.2 Å². The van der Waals surface area contributed by atoms with Crippen LogP contribution < -0.4 is 10.5 Å². The van der Waals surface area contributed by atoms with E-state index in [2.05, 4.69) is 15.2 Å². The Kier molecular flexibility index (Phi) is 6.63. The van der Waals surface area contributed by atoms with E-state index in [9.17, 15) is 8.94 Å². The molecule has 4 aromatic rings. The van der Waals surface area contributed by atoms with Crippen molar-refractivity contribution in [2.75, 3.05) is 12.3 Å². The van der Waals surface area contributed by atoms with Crippen molar-refractivity contribution >= 4 is 39.9 Å². The quantitative estimate of drug-likeness (QED) is 0.175. The Morgan fingerprint density at radius 3 is 2.59 bits per heavy atom. The number of nitrogen functional groups attached to an aromatic ring is 1. The first-order valence-electron chi connectivity index (χ1n) is 10.0. The van der Waals surface area contributed by atoms with Crippen molar-refractivity contribution in [3.05, 3.63) is 72.7 Å². The molecule has 3 aromatic carbocycles. The molecular weight excluding hydrogens is 427 g/mol. The van der Waals surface area contributed by atoms with Gasteiger partial charge in [0.25, 0.3) is 0 Å². The zero-order valence-corrected chi connectivity index (χ0v) is 18.1. The maximum Gasteiger partial charge on any atom is 0.128 e. The Morgan fingerprint density at radius 2 is 1.88 bits per heavy atom. The lowest BCUT2D eigenvalue weighted by Crippen LogP contribution is -1.98. The number of ether oxygens (including phenoxy) is 1. The number of pyridine rings is 1. The van der Waals surface area contributed by atoms with Crippen molar-refractivity contribution in [2.24, 2.45) is 10.2 Å². The molecule has 162 valence electrons. The monoisotopic (exact) mass is 448 g/mol. The van der Waals surface area contributed by atoms with Crippen molar-refractivity contribution in [1.29, 1.82) is 0 Å². The standard InChI is InChI=1S/C24H21FN4O2S/c1-2-11-31-22-10-7-15(25)12-19(22)20-9-8-16(14-27-20)28-29-21-13-23(32-30)17-5-3-4-6-18(17)24(21)26/h3-10,12-14,30H,2,11,26H2,1H3/b29-28+. The molecule has 0 saturated heterocycles.